The van der Waals surface area contributed by atoms with Crippen LogP contribution in [0.15, 0.2) is 5.16 Å². The predicted molar refractivity (Wildman–Crippen MR) is 196 cm³/mol. The van der Waals surface area contributed by atoms with E-state index in [0.29, 0.717) is 12.1 Å². The molecule has 0 aromatic rings. The van der Waals surface area contributed by atoms with E-state index in [1.165, 1.54) is 21.1 Å². The molecular formula is C38H70N2O13. The van der Waals surface area contributed by atoms with Gasteiger partial charge in [0.2, 0.25) is 0 Å². The van der Waals surface area contributed by atoms with Gasteiger partial charge in [-0.05, 0) is 74.9 Å². The molecule has 310 valence electrons. The van der Waals surface area contributed by atoms with Crippen LogP contribution in [0.5, 0.6) is 0 Å². The molecule has 3 saturated heterocycles. The molecule has 18 atom stereocenters. The molecule has 15 heteroatoms. The summed E-state index contributed by atoms with van der Waals surface area (Å²) in [4.78, 5) is 21.3. The lowest BCUT2D eigenvalue weighted by atomic mass is 9.73. The molecule has 1 unspecified atom stereocenters. The monoisotopic (exact) mass is 762 g/mol. The zero-order valence-electron chi connectivity index (χ0n) is 34.4. The number of nitrogens with zero attached hydrogens (tertiary/aromatic N) is 2. The fraction of sp³-hybridized carbons (Fsp3) is 0.947. The van der Waals surface area contributed by atoms with E-state index in [1.54, 1.807) is 48.5 Å². The summed E-state index contributed by atoms with van der Waals surface area (Å²) in [5.41, 5.74) is -4.30. The predicted octanol–water partition coefficient (Wildman–Crippen LogP) is 2.22. The van der Waals surface area contributed by atoms with E-state index in [-0.39, 0.29) is 31.4 Å². The summed E-state index contributed by atoms with van der Waals surface area (Å²) in [6, 6.07) is -0.306. The maximum absolute atomic E-state index is 14.2. The maximum atomic E-state index is 14.2. The number of oxime groups is 1. The Hall–Kier alpha value is -1.50. The molecule has 0 amide bonds. The molecule has 3 aliphatic rings. The molecule has 0 aliphatic carbocycles. The van der Waals surface area contributed by atoms with Crippen LogP contribution in [-0.2, 0) is 38.1 Å². The number of ether oxygens (including phenoxy) is 6. The van der Waals surface area contributed by atoms with Gasteiger partial charge in [-0.3, -0.25) is 4.79 Å². The van der Waals surface area contributed by atoms with Gasteiger partial charge in [0.05, 0.1) is 53.4 Å². The number of carbonyl (C=O) groups excluding carboxylic acids is 1. The van der Waals surface area contributed by atoms with E-state index >= 15 is 0 Å². The number of esters is 1. The first-order chi connectivity index (χ1) is 24.5. The number of likely N-dealkylation sites (N-methyl/N-ethyl adjacent to an activating group) is 1. The number of hydrogen-bond acceptors (Lipinski definition) is 15. The zero-order valence-corrected chi connectivity index (χ0v) is 34.4. The van der Waals surface area contributed by atoms with Gasteiger partial charge < -0.3 is 63.7 Å². The number of aliphatic hydroxyl groups excluding tert-OH is 3. The van der Waals surface area contributed by atoms with Crippen LogP contribution < -0.4 is 0 Å². The largest absolute Gasteiger partial charge is 0.459 e. The first kappa shape index (κ1) is 45.9. The number of cyclic esters (lactones) is 1. The van der Waals surface area contributed by atoms with Crippen LogP contribution in [0, 0.1) is 23.7 Å². The lowest BCUT2D eigenvalue weighted by Gasteiger charge is -2.49. The van der Waals surface area contributed by atoms with E-state index in [9.17, 15) is 30.3 Å². The standard InChI is InChI=1S/C38H70N2O13/c1-15-26-38(10,46)31(42)21(4)28(39-48-14)19(2)17-36(8,45)33(53-35-29(41)25(40(11)12)16-20(3)49-35)22(5)30(23(6)34(44)51-26)52-27-18-37(9,47-13)32(43)24(7)50-27/h19-27,29-33,35,41-43,45-46H,15-18H2,1-14H3/b39-28+/t19-,20-,21+,22+,23-,24+,25+,26?,27+,29-,30-,31-,32+,33-,35+,36-,37-,38-/m1/s1. The van der Waals surface area contributed by atoms with Gasteiger partial charge in [-0.2, -0.15) is 0 Å². The van der Waals surface area contributed by atoms with Gasteiger partial charge in [0.15, 0.2) is 12.6 Å². The molecule has 53 heavy (non-hydrogen) atoms. The van der Waals surface area contributed by atoms with Crippen LogP contribution >= 0.6 is 0 Å². The van der Waals surface area contributed by atoms with Gasteiger partial charge >= 0.3 is 5.97 Å². The molecule has 15 nitrogen and oxygen atoms in total. The first-order valence-electron chi connectivity index (χ1n) is 19.1. The molecule has 0 aromatic heterocycles. The number of carbonyl (C=O) groups is 1. The minimum atomic E-state index is -1.91. The summed E-state index contributed by atoms with van der Waals surface area (Å²) in [6.45, 7) is 17.0. The average molecular weight is 763 g/mol. The van der Waals surface area contributed by atoms with Crippen LogP contribution in [0.3, 0.4) is 0 Å². The highest BCUT2D eigenvalue weighted by molar-refractivity contribution is 5.88. The summed E-state index contributed by atoms with van der Waals surface area (Å²) in [6.07, 6.45) is -9.08. The molecule has 0 aromatic carbocycles. The van der Waals surface area contributed by atoms with Crippen molar-refractivity contribution in [2.45, 2.75) is 179 Å². The molecule has 3 fully saturated rings. The second kappa shape index (κ2) is 18.2. The van der Waals surface area contributed by atoms with Crippen LogP contribution in [0.25, 0.3) is 0 Å². The third-order valence-corrected chi connectivity index (χ3v) is 12.1. The van der Waals surface area contributed by atoms with Crippen molar-refractivity contribution in [3.05, 3.63) is 0 Å². The Morgan fingerprint density at radius 3 is 2.08 bits per heavy atom. The minimum absolute atomic E-state index is 0.0204. The number of rotatable bonds is 8. The highest BCUT2D eigenvalue weighted by Crippen LogP contribution is 2.41. The van der Waals surface area contributed by atoms with Gasteiger partial charge in [0.25, 0.3) is 0 Å². The SMILES string of the molecule is CCC1OC(=O)[C@H](C)[C@H](O[C@H]2C[C@@](C)(OC)[C@@H](O)[C@H](C)O2)[C@H](C)[C@@H](O[C@@H]2O[C@H](C)C[C@H](N(C)C)[C@H]2O)[C@](C)(O)C[C@@H](C)/C(=N\OC)[C@H](C)[C@@H](O)[C@]1(C)O. The molecule has 3 heterocycles. The first-order valence-corrected chi connectivity index (χ1v) is 19.1. The number of aliphatic hydroxyl groups is 5. The lowest BCUT2D eigenvalue weighted by molar-refractivity contribution is -0.317. The number of methoxy groups -OCH3 is 1. The normalized spacial score (nSPS) is 49.0. The van der Waals surface area contributed by atoms with Gasteiger partial charge in [0, 0.05) is 37.3 Å². The van der Waals surface area contributed by atoms with E-state index in [0.717, 1.165) is 0 Å². The summed E-state index contributed by atoms with van der Waals surface area (Å²) in [5, 5.41) is 62.8. The van der Waals surface area contributed by atoms with E-state index in [1.807, 2.05) is 32.8 Å². The molecule has 0 bridgehead atoms. The van der Waals surface area contributed by atoms with Crippen molar-refractivity contribution in [3.8, 4) is 0 Å². The molecule has 3 aliphatic heterocycles. The van der Waals surface area contributed by atoms with Gasteiger partial charge in [-0.25, -0.2) is 0 Å². The van der Waals surface area contributed by atoms with Crippen molar-refractivity contribution in [2.24, 2.45) is 28.8 Å². The smallest absolute Gasteiger partial charge is 0.311 e. The zero-order chi connectivity index (χ0) is 40.4. The average Bonchev–Trinajstić information content (AvgIpc) is 3.08. The summed E-state index contributed by atoms with van der Waals surface area (Å²) < 4.78 is 37.4. The van der Waals surface area contributed by atoms with Gasteiger partial charge in [-0.15, -0.1) is 0 Å². The van der Waals surface area contributed by atoms with Crippen LogP contribution in [-0.4, -0.2) is 155 Å². The molecule has 3 rings (SSSR count). The van der Waals surface area contributed by atoms with Gasteiger partial charge in [-0.1, -0.05) is 32.9 Å². The highest BCUT2D eigenvalue weighted by atomic mass is 16.7. The Morgan fingerprint density at radius 1 is 0.906 bits per heavy atom. The second-order valence-electron chi connectivity index (χ2n) is 16.8. The van der Waals surface area contributed by atoms with Crippen molar-refractivity contribution in [1.29, 1.82) is 0 Å². The van der Waals surface area contributed by atoms with Crippen molar-refractivity contribution >= 4 is 11.7 Å². The molecule has 0 radical (unpaired) electrons. The van der Waals surface area contributed by atoms with Crippen molar-refractivity contribution in [2.75, 3.05) is 28.3 Å². The van der Waals surface area contributed by atoms with Crippen LogP contribution in [0.2, 0.25) is 0 Å². The van der Waals surface area contributed by atoms with Crippen LogP contribution in [0.1, 0.15) is 94.9 Å². The fourth-order valence-corrected chi connectivity index (χ4v) is 8.70. The van der Waals surface area contributed by atoms with Crippen molar-refractivity contribution < 1.29 is 63.6 Å². The Balaban J connectivity index is 2.23. The van der Waals surface area contributed by atoms with Crippen molar-refractivity contribution in [1.82, 2.24) is 4.90 Å². The minimum Gasteiger partial charge on any atom is -0.459 e. The van der Waals surface area contributed by atoms with E-state index in [4.69, 9.17) is 33.3 Å². The summed E-state index contributed by atoms with van der Waals surface area (Å²) in [7, 11) is 6.60. The van der Waals surface area contributed by atoms with E-state index < -0.39 is 102 Å². The lowest BCUT2D eigenvalue weighted by Crippen LogP contribution is -2.61. The summed E-state index contributed by atoms with van der Waals surface area (Å²) in [5.74, 6) is -3.90. The third kappa shape index (κ3) is 10.1. The molecule has 5 N–H and O–H groups in total. The summed E-state index contributed by atoms with van der Waals surface area (Å²) >= 11 is 0. The number of hydrogen-bond donors (Lipinski definition) is 5. The molecule has 0 spiro atoms. The molecule has 0 saturated carbocycles. The Morgan fingerprint density at radius 2 is 1.53 bits per heavy atom. The topological polar surface area (TPSA) is 198 Å². The van der Waals surface area contributed by atoms with Crippen molar-refractivity contribution in [3.63, 3.8) is 0 Å². The Kier molecular flexibility index (Phi) is 15.7. The Bertz CT molecular complexity index is 1220. The maximum Gasteiger partial charge on any atom is 0.311 e. The third-order valence-electron chi connectivity index (χ3n) is 12.1. The quantitative estimate of drug-likeness (QED) is 0.178. The Labute approximate surface area is 316 Å². The highest BCUT2D eigenvalue weighted by Gasteiger charge is 2.53. The fourth-order valence-electron chi connectivity index (χ4n) is 8.70. The van der Waals surface area contributed by atoms with Crippen LogP contribution in [0.4, 0.5) is 0 Å². The van der Waals surface area contributed by atoms with Gasteiger partial charge in [0.1, 0.15) is 31.0 Å². The second-order valence-corrected chi connectivity index (χ2v) is 16.8. The van der Waals surface area contributed by atoms with E-state index in [2.05, 4.69) is 5.16 Å². The molecular weight excluding hydrogens is 692 g/mol.